The Hall–Kier alpha value is -2.00. The van der Waals surface area contributed by atoms with Crippen LogP contribution in [0.1, 0.15) is 38.8 Å². The van der Waals surface area contributed by atoms with Crippen LogP contribution in [-0.2, 0) is 18.6 Å². The lowest BCUT2D eigenvalue weighted by atomic mass is 10.2. The number of aliphatic hydroxyl groups is 1. The molecule has 144 valence electrons. The number of hydrogen-bond donors (Lipinski definition) is 3. The van der Waals surface area contributed by atoms with E-state index in [1.807, 2.05) is 0 Å². The number of nitrogens with one attached hydrogen (secondary N) is 1. The molecular weight excluding hydrogens is 367 g/mol. The molecule has 3 N–H and O–H groups in total. The highest BCUT2D eigenvalue weighted by Crippen LogP contribution is 2.39. The highest BCUT2D eigenvalue weighted by Gasteiger charge is 2.45. The van der Waals surface area contributed by atoms with Crippen LogP contribution >= 0.6 is 8.25 Å². The summed E-state index contributed by atoms with van der Waals surface area (Å²) in [7, 11) is -3.02. The third kappa shape index (κ3) is 5.01. The van der Waals surface area contributed by atoms with Gasteiger partial charge in [0.25, 0.3) is 5.56 Å². The van der Waals surface area contributed by atoms with Gasteiger partial charge < -0.3 is 14.6 Å². The Morgan fingerprint density at radius 1 is 1.35 bits per heavy atom. The number of nitrogens with zero attached hydrogens (tertiary/aromatic N) is 1. The van der Waals surface area contributed by atoms with Crippen LogP contribution in [0.25, 0.3) is 0 Å². The lowest BCUT2D eigenvalue weighted by molar-refractivity contribution is -0.0556. The molecule has 26 heavy (non-hydrogen) atoms. The molecule has 2 unspecified atom stereocenters. The summed E-state index contributed by atoms with van der Waals surface area (Å²) in [6, 6.07) is 1.13. The van der Waals surface area contributed by atoms with Crippen LogP contribution in [0, 0.1) is 0 Å². The molecular formula is C15H22N2O8P+. The lowest BCUT2D eigenvalue weighted by Crippen LogP contribution is -2.37. The number of aliphatic hydroxyl groups excluding tert-OH is 1. The van der Waals surface area contributed by atoms with E-state index in [0.29, 0.717) is 6.61 Å². The third-order valence-corrected chi connectivity index (χ3v) is 4.15. The number of rotatable bonds is 10. The molecule has 0 fully saturated rings. The molecule has 0 spiro atoms. The molecule has 1 aliphatic heterocycles. The van der Waals surface area contributed by atoms with Crippen molar-refractivity contribution >= 4 is 8.25 Å². The van der Waals surface area contributed by atoms with Crippen molar-refractivity contribution in [3.05, 3.63) is 44.6 Å². The van der Waals surface area contributed by atoms with Crippen molar-refractivity contribution < 1.29 is 28.6 Å². The van der Waals surface area contributed by atoms with Crippen molar-refractivity contribution in [1.82, 2.24) is 9.55 Å². The molecule has 1 aromatic rings. The van der Waals surface area contributed by atoms with Crippen molar-refractivity contribution in [2.45, 2.75) is 44.9 Å². The minimum atomic E-state index is -3.02. The number of H-pyrrole nitrogens is 1. The molecule has 11 heteroatoms. The van der Waals surface area contributed by atoms with E-state index < -0.39 is 38.4 Å². The van der Waals surface area contributed by atoms with E-state index in [1.54, 1.807) is 0 Å². The summed E-state index contributed by atoms with van der Waals surface area (Å²) in [5, 5.41) is 9.45. The smallest absolute Gasteiger partial charge is 0.465 e. The number of hydrogen-bond acceptors (Lipinski definition) is 7. The van der Waals surface area contributed by atoms with Gasteiger partial charge in [-0.25, -0.2) is 9.32 Å². The molecule has 2 heterocycles. The molecule has 0 aliphatic carbocycles. The maximum Gasteiger partial charge on any atom is 0.747 e. The molecule has 0 saturated heterocycles. The highest BCUT2D eigenvalue weighted by atomic mass is 31.1. The maximum absolute atomic E-state index is 12.1. The predicted molar refractivity (Wildman–Crippen MR) is 90.3 cm³/mol. The monoisotopic (exact) mass is 389 g/mol. The summed E-state index contributed by atoms with van der Waals surface area (Å²) < 4.78 is 28.3. The van der Waals surface area contributed by atoms with Crippen LogP contribution in [0.2, 0.25) is 0 Å². The first-order chi connectivity index (χ1) is 12.5. The Bertz CT molecular complexity index is 771. The average molecular weight is 389 g/mol. The van der Waals surface area contributed by atoms with Crippen LogP contribution in [0.5, 0.6) is 0 Å². The van der Waals surface area contributed by atoms with Crippen molar-refractivity contribution in [3.8, 4) is 0 Å². The summed E-state index contributed by atoms with van der Waals surface area (Å²) in [6.45, 7) is 1.77. The van der Waals surface area contributed by atoms with E-state index in [1.165, 1.54) is 6.20 Å². The van der Waals surface area contributed by atoms with Gasteiger partial charge >= 0.3 is 13.9 Å². The lowest BCUT2D eigenvalue weighted by Gasteiger charge is -2.21. The van der Waals surface area contributed by atoms with E-state index in [9.17, 15) is 19.3 Å². The fourth-order valence-corrected chi connectivity index (χ4v) is 2.96. The molecule has 1 aromatic heterocycles. The average Bonchev–Trinajstić information content (AvgIpc) is 2.91. The summed E-state index contributed by atoms with van der Waals surface area (Å²) in [5.41, 5.74) is -1.32. The van der Waals surface area contributed by atoms with Crippen molar-refractivity contribution in [1.29, 1.82) is 0 Å². The van der Waals surface area contributed by atoms with Gasteiger partial charge in [-0.2, -0.15) is 0 Å². The normalized spacial score (nSPS) is 20.2. The van der Waals surface area contributed by atoms with Crippen LogP contribution in [-0.4, -0.2) is 38.9 Å². The van der Waals surface area contributed by atoms with Gasteiger partial charge in [-0.1, -0.05) is 26.2 Å². The van der Waals surface area contributed by atoms with Gasteiger partial charge in [0.05, 0.1) is 0 Å². The first kappa shape index (κ1) is 20.3. The zero-order valence-electron chi connectivity index (χ0n) is 14.3. The molecule has 1 aliphatic rings. The Labute approximate surface area is 150 Å². The quantitative estimate of drug-likeness (QED) is 0.396. The first-order valence-electron chi connectivity index (χ1n) is 8.25. The van der Waals surface area contributed by atoms with E-state index in [-0.39, 0.29) is 11.5 Å². The van der Waals surface area contributed by atoms with E-state index >= 15 is 0 Å². The highest BCUT2D eigenvalue weighted by molar-refractivity contribution is 7.32. The SMILES string of the molecule is CCCCCCOC1C(O[P+](=O)O)=C(CO)O[C@H]1n1ccc(=O)[nH]c1=O. The number of aromatic nitrogens is 2. The summed E-state index contributed by atoms with van der Waals surface area (Å²) in [4.78, 5) is 34.5. The van der Waals surface area contributed by atoms with E-state index in [2.05, 4.69) is 11.9 Å². The first-order valence-corrected chi connectivity index (χ1v) is 9.38. The third-order valence-electron chi connectivity index (χ3n) is 3.80. The fourth-order valence-electron chi connectivity index (χ4n) is 2.58. The molecule has 2 rings (SSSR count). The van der Waals surface area contributed by atoms with Crippen molar-refractivity contribution in [2.75, 3.05) is 13.2 Å². The van der Waals surface area contributed by atoms with Crippen molar-refractivity contribution in [2.24, 2.45) is 0 Å². The van der Waals surface area contributed by atoms with Gasteiger partial charge in [0.1, 0.15) is 6.61 Å². The largest absolute Gasteiger partial charge is 0.747 e. The molecule has 0 amide bonds. The van der Waals surface area contributed by atoms with Crippen molar-refractivity contribution in [3.63, 3.8) is 0 Å². The molecule has 0 radical (unpaired) electrons. The minimum absolute atomic E-state index is 0.107. The second kappa shape index (κ2) is 9.63. The van der Waals surface area contributed by atoms with E-state index in [0.717, 1.165) is 36.3 Å². The fraction of sp³-hybridized carbons (Fsp3) is 0.600. The number of ether oxygens (including phenoxy) is 2. The molecule has 0 aromatic carbocycles. The Morgan fingerprint density at radius 3 is 2.73 bits per heavy atom. The molecule has 0 bridgehead atoms. The van der Waals surface area contributed by atoms with Gasteiger partial charge in [0.2, 0.25) is 12.0 Å². The zero-order chi connectivity index (χ0) is 19.1. The number of aromatic amines is 1. The molecule has 0 saturated carbocycles. The zero-order valence-corrected chi connectivity index (χ0v) is 15.2. The Morgan fingerprint density at radius 2 is 2.12 bits per heavy atom. The summed E-state index contributed by atoms with van der Waals surface area (Å²) in [6.07, 6.45) is 2.88. The van der Waals surface area contributed by atoms with Gasteiger partial charge in [-0.05, 0) is 6.42 Å². The minimum Gasteiger partial charge on any atom is -0.465 e. The standard InChI is InChI=1S/C15H21N2O8P/c1-2-3-4-5-8-23-13-12(25-26(21)22)10(9-18)24-14(13)17-7-6-11(19)16-15(17)20/h6-7,13-14,18H,2-5,8-9H2,1H3,(H-,16,19,20,21,22)/p+1/t13?,14-/m1/s1. The van der Waals surface area contributed by atoms with Gasteiger partial charge in [-0.15, -0.1) is 4.89 Å². The Kier molecular flexibility index (Phi) is 7.52. The molecule has 10 nitrogen and oxygen atoms in total. The van der Waals surface area contributed by atoms with Gasteiger partial charge in [-0.3, -0.25) is 14.3 Å². The van der Waals surface area contributed by atoms with E-state index in [4.69, 9.17) is 18.9 Å². The summed E-state index contributed by atoms with van der Waals surface area (Å²) in [5.74, 6) is -0.251. The van der Waals surface area contributed by atoms with Crippen LogP contribution in [0.3, 0.4) is 0 Å². The van der Waals surface area contributed by atoms with Gasteiger partial charge in [0.15, 0.2) is 11.9 Å². The molecule has 3 atom stereocenters. The second-order valence-corrected chi connectivity index (χ2v) is 6.31. The predicted octanol–water partition coefficient (Wildman–Crippen LogP) is 0.901. The second-order valence-electron chi connectivity index (χ2n) is 5.65. The van der Waals surface area contributed by atoms with Crippen LogP contribution < -0.4 is 11.2 Å². The Balaban J connectivity index is 2.26. The number of unbranched alkanes of at least 4 members (excludes halogenated alkanes) is 3. The van der Waals surface area contributed by atoms with Gasteiger partial charge in [0, 0.05) is 23.4 Å². The van der Waals surface area contributed by atoms with Crippen LogP contribution in [0.4, 0.5) is 0 Å². The maximum atomic E-state index is 12.1. The van der Waals surface area contributed by atoms with Crippen LogP contribution in [0.15, 0.2) is 33.4 Å². The summed E-state index contributed by atoms with van der Waals surface area (Å²) >= 11 is 0. The topological polar surface area (TPSA) is 140 Å².